The van der Waals surface area contributed by atoms with Crippen LogP contribution >= 0.6 is 11.8 Å². The molecule has 1 atom stereocenters. The fourth-order valence-corrected chi connectivity index (χ4v) is 3.96. The van der Waals surface area contributed by atoms with Gasteiger partial charge in [0.15, 0.2) is 0 Å². The number of hydrogen-bond donors (Lipinski definition) is 0. The maximum atomic E-state index is 12.0. The molecule has 0 heterocycles. The third kappa shape index (κ3) is 12.4. The first-order chi connectivity index (χ1) is 12.7. The summed E-state index contributed by atoms with van der Waals surface area (Å²) in [6.45, 7) is 4.62. The van der Waals surface area contributed by atoms with Crippen LogP contribution in [0.5, 0.6) is 0 Å². The molecule has 1 aromatic rings. The van der Waals surface area contributed by atoms with Crippen LogP contribution in [0, 0.1) is 5.92 Å². The zero-order valence-electron chi connectivity index (χ0n) is 16.9. The average Bonchev–Trinajstić information content (AvgIpc) is 2.67. The van der Waals surface area contributed by atoms with Crippen molar-refractivity contribution in [2.75, 3.05) is 11.5 Å². The number of esters is 1. The van der Waals surface area contributed by atoms with Gasteiger partial charge in [0.25, 0.3) is 0 Å². The molecule has 0 aliphatic rings. The maximum absolute atomic E-state index is 12.0. The molecule has 0 bridgehead atoms. The van der Waals surface area contributed by atoms with Gasteiger partial charge in [-0.25, -0.2) is 0 Å². The van der Waals surface area contributed by atoms with E-state index >= 15 is 0 Å². The predicted molar refractivity (Wildman–Crippen MR) is 115 cm³/mol. The van der Waals surface area contributed by atoms with E-state index in [9.17, 15) is 4.79 Å². The fourth-order valence-electron chi connectivity index (χ4n) is 2.89. The van der Waals surface area contributed by atoms with Crippen LogP contribution in [0.15, 0.2) is 30.3 Å². The topological polar surface area (TPSA) is 26.3 Å². The lowest BCUT2D eigenvalue weighted by molar-refractivity contribution is -0.148. The molecule has 2 nitrogen and oxygen atoms in total. The van der Waals surface area contributed by atoms with Crippen molar-refractivity contribution < 1.29 is 9.53 Å². The first-order valence-corrected chi connectivity index (χ1v) is 11.7. The molecule has 0 aliphatic carbocycles. The number of carbonyl (C=O) groups is 1. The fraction of sp³-hybridized carbons (Fsp3) is 0.696. The summed E-state index contributed by atoms with van der Waals surface area (Å²) >= 11 is 1.89. The molecule has 3 heteroatoms. The molecule has 0 N–H and O–H groups in total. The molecule has 1 unspecified atom stereocenters. The molecule has 0 radical (unpaired) electrons. The van der Waals surface area contributed by atoms with Crippen LogP contribution in [-0.4, -0.2) is 17.5 Å². The summed E-state index contributed by atoms with van der Waals surface area (Å²) in [5.74, 6) is 1.92. The summed E-state index contributed by atoms with van der Waals surface area (Å²) in [5.41, 5.74) is 1.05. The van der Waals surface area contributed by atoms with Crippen molar-refractivity contribution in [2.24, 2.45) is 5.92 Å². The molecule has 1 aromatic carbocycles. The Morgan fingerprint density at radius 2 is 1.50 bits per heavy atom. The van der Waals surface area contributed by atoms with E-state index in [1.54, 1.807) is 0 Å². The SMILES string of the molecule is CCCCCCCCCCCCSCC(C)C(=O)OCc1ccccc1. The third-order valence-electron chi connectivity index (χ3n) is 4.64. The van der Waals surface area contributed by atoms with Crippen LogP contribution < -0.4 is 0 Å². The van der Waals surface area contributed by atoms with Crippen LogP contribution in [0.25, 0.3) is 0 Å². The second-order valence-corrected chi connectivity index (χ2v) is 8.40. The Labute approximate surface area is 165 Å². The Balaban J connectivity index is 1.90. The van der Waals surface area contributed by atoms with Crippen LogP contribution in [0.2, 0.25) is 0 Å². The average molecular weight is 379 g/mol. The Bertz CT molecular complexity index is 447. The van der Waals surface area contributed by atoms with E-state index in [1.165, 1.54) is 64.2 Å². The molecule has 0 fully saturated rings. The summed E-state index contributed by atoms with van der Waals surface area (Å²) in [5, 5.41) is 0. The summed E-state index contributed by atoms with van der Waals surface area (Å²) in [7, 11) is 0. The van der Waals surface area contributed by atoms with Gasteiger partial charge in [0.2, 0.25) is 0 Å². The highest BCUT2D eigenvalue weighted by Gasteiger charge is 2.14. The van der Waals surface area contributed by atoms with Crippen molar-refractivity contribution >= 4 is 17.7 Å². The summed E-state index contributed by atoms with van der Waals surface area (Å²) in [6, 6.07) is 9.87. The number of benzene rings is 1. The second kappa shape index (κ2) is 16.2. The number of unbranched alkanes of at least 4 members (excludes halogenated alkanes) is 9. The first kappa shape index (κ1) is 23.1. The number of carbonyl (C=O) groups excluding carboxylic acids is 1. The predicted octanol–water partition coefficient (Wildman–Crippen LogP) is 7.02. The lowest BCUT2D eigenvalue weighted by Gasteiger charge is -2.11. The lowest BCUT2D eigenvalue weighted by atomic mass is 10.1. The maximum Gasteiger partial charge on any atom is 0.309 e. The van der Waals surface area contributed by atoms with Gasteiger partial charge in [0, 0.05) is 5.75 Å². The Kier molecular flexibility index (Phi) is 14.4. The minimum absolute atomic E-state index is 0.0215. The molecule has 1 rings (SSSR count). The molecule has 0 amide bonds. The van der Waals surface area contributed by atoms with E-state index in [2.05, 4.69) is 6.92 Å². The van der Waals surface area contributed by atoms with Gasteiger partial charge in [-0.3, -0.25) is 4.79 Å². The Hall–Kier alpha value is -0.960. The highest BCUT2D eigenvalue weighted by atomic mass is 32.2. The standard InChI is InChI=1S/C23H38O2S/c1-3-4-5-6-7-8-9-10-11-15-18-26-20-21(2)23(24)25-19-22-16-13-12-14-17-22/h12-14,16-17,21H,3-11,15,18-20H2,1-2H3. The highest BCUT2D eigenvalue weighted by Crippen LogP contribution is 2.15. The minimum atomic E-state index is -0.0792. The van der Waals surface area contributed by atoms with Crippen molar-refractivity contribution in [1.29, 1.82) is 0 Å². The summed E-state index contributed by atoms with van der Waals surface area (Å²) in [6.07, 6.45) is 13.7. The van der Waals surface area contributed by atoms with E-state index in [0.29, 0.717) is 6.61 Å². The third-order valence-corrected chi connectivity index (χ3v) is 5.95. The normalized spacial score (nSPS) is 12.1. The van der Waals surface area contributed by atoms with Gasteiger partial charge < -0.3 is 4.74 Å². The van der Waals surface area contributed by atoms with E-state index in [1.807, 2.05) is 49.0 Å². The molecular weight excluding hydrogens is 340 g/mol. The van der Waals surface area contributed by atoms with Crippen LogP contribution in [0.4, 0.5) is 0 Å². The summed E-state index contributed by atoms with van der Waals surface area (Å²) < 4.78 is 5.40. The quantitative estimate of drug-likeness (QED) is 0.228. The highest BCUT2D eigenvalue weighted by molar-refractivity contribution is 7.99. The van der Waals surface area contributed by atoms with Gasteiger partial charge in [0.05, 0.1) is 5.92 Å². The second-order valence-electron chi connectivity index (χ2n) is 7.25. The zero-order valence-corrected chi connectivity index (χ0v) is 17.7. The smallest absolute Gasteiger partial charge is 0.309 e. The van der Waals surface area contributed by atoms with E-state index in [0.717, 1.165) is 17.1 Å². The van der Waals surface area contributed by atoms with E-state index < -0.39 is 0 Å². The lowest BCUT2D eigenvalue weighted by Crippen LogP contribution is -2.17. The Morgan fingerprint density at radius 1 is 0.923 bits per heavy atom. The first-order valence-electron chi connectivity index (χ1n) is 10.5. The van der Waals surface area contributed by atoms with Crippen molar-refractivity contribution in [3.8, 4) is 0 Å². The van der Waals surface area contributed by atoms with E-state index in [-0.39, 0.29) is 11.9 Å². The molecule has 0 aliphatic heterocycles. The molecule has 0 saturated carbocycles. The Morgan fingerprint density at radius 3 is 2.12 bits per heavy atom. The molecule has 0 saturated heterocycles. The van der Waals surface area contributed by atoms with Crippen molar-refractivity contribution in [3.05, 3.63) is 35.9 Å². The number of thioether (sulfide) groups is 1. The number of ether oxygens (including phenoxy) is 1. The van der Waals surface area contributed by atoms with Crippen molar-refractivity contribution in [3.63, 3.8) is 0 Å². The molecule has 0 aromatic heterocycles. The largest absolute Gasteiger partial charge is 0.461 e. The number of rotatable bonds is 16. The van der Waals surface area contributed by atoms with Crippen molar-refractivity contribution in [2.45, 2.75) is 84.7 Å². The zero-order chi connectivity index (χ0) is 18.9. The van der Waals surface area contributed by atoms with Gasteiger partial charge in [-0.15, -0.1) is 0 Å². The van der Waals surface area contributed by atoms with Crippen molar-refractivity contribution in [1.82, 2.24) is 0 Å². The van der Waals surface area contributed by atoms with Gasteiger partial charge in [-0.1, -0.05) is 102 Å². The molecule has 148 valence electrons. The summed E-state index contributed by atoms with van der Waals surface area (Å²) in [4.78, 5) is 12.0. The molecular formula is C23H38O2S. The van der Waals surface area contributed by atoms with E-state index in [4.69, 9.17) is 4.74 Å². The van der Waals surface area contributed by atoms with Gasteiger partial charge in [0.1, 0.15) is 6.61 Å². The monoisotopic (exact) mass is 378 g/mol. The molecule has 0 spiro atoms. The van der Waals surface area contributed by atoms with Gasteiger partial charge >= 0.3 is 5.97 Å². The van der Waals surface area contributed by atoms with Gasteiger partial charge in [-0.05, 0) is 17.7 Å². The van der Waals surface area contributed by atoms with Crippen LogP contribution in [0.3, 0.4) is 0 Å². The number of hydrogen-bond acceptors (Lipinski definition) is 3. The van der Waals surface area contributed by atoms with Gasteiger partial charge in [-0.2, -0.15) is 11.8 Å². The van der Waals surface area contributed by atoms with Crippen LogP contribution in [0.1, 0.15) is 83.6 Å². The van der Waals surface area contributed by atoms with Crippen LogP contribution in [-0.2, 0) is 16.1 Å². The molecule has 26 heavy (non-hydrogen) atoms. The minimum Gasteiger partial charge on any atom is -0.461 e.